The Balaban J connectivity index is 1.48. The summed E-state index contributed by atoms with van der Waals surface area (Å²) in [4.78, 5) is 51.1. The van der Waals surface area contributed by atoms with E-state index in [0.29, 0.717) is 6.42 Å². The van der Waals surface area contributed by atoms with Crippen molar-refractivity contribution in [2.75, 3.05) is 14.1 Å². The fourth-order valence-electron chi connectivity index (χ4n) is 7.24. The highest BCUT2D eigenvalue weighted by Crippen LogP contribution is 2.25. The molecule has 0 saturated heterocycles. The van der Waals surface area contributed by atoms with Gasteiger partial charge in [-0.25, -0.2) is 0 Å². The lowest BCUT2D eigenvalue weighted by Gasteiger charge is -2.40. The molecule has 6 rings (SSSR count). The molecule has 9 nitrogen and oxygen atoms in total. The average Bonchev–Trinajstić information content (AvgIpc) is 3.26. The van der Waals surface area contributed by atoms with Gasteiger partial charge in [-0.15, -0.1) is 0 Å². The van der Waals surface area contributed by atoms with E-state index in [1.807, 2.05) is 140 Å². The summed E-state index contributed by atoms with van der Waals surface area (Å²) in [7, 11) is 3.68. The van der Waals surface area contributed by atoms with Crippen LogP contribution in [-0.2, 0) is 53.3 Å². The molecular weight excluding hydrogens is 737 g/mol. The minimum Gasteiger partial charge on any atom is -0.508 e. The molecule has 0 aliphatic rings. The SMILES string of the molecule is CN(C)C(Cc1ccc(O)cc1)C(=O)N(Cc1ccccc1)C(Cc1ccc(O)cc1)C(=O)N(Cc1ccccc1)C(Cc1ccccc1)C(=O)NCc1ccccc1. The second-order valence-electron chi connectivity index (χ2n) is 15.0. The van der Waals surface area contributed by atoms with Gasteiger partial charge in [0.15, 0.2) is 0 Å². The number of benzene rings is 6. The molecule has 59 heavy (non-hydrogen) atoms. The van der Waals surface area contributed by atoms with E-state index < -0.39 is 18.1 Å². The first-order valence-electron chi connectivity index (χ1n) is 19.9. The summed E-state index contributed by atoms with van der Waals surface area (Å²) >= 11 is 0. The van der Waals surface area contributed by atoms with Gasteiger partial charge >= 0.3 is 0 Å². The maximum absolute atomic E-state index is 15.9. The molecule has 0 fully saturated rings. The standard InChI is InChI=1S/C50H52N4O5/c1-52(2)46(32-38-23-27-43(55)28-24-38)49(58)54(36-42-21-13-6-14-22-42)47(33-39-25-29-44(56)30-26-39)50(59)53(35-41-19-11-5-12-20-41)45(31-37-15-7-3-8-16-37)48(57)51-34-40-17-9-4-10-18-40/h3-30,45-47,55-56H,31-36H2,1-2H3,(H,51,57). The molecule has 6 aromatic rings. The highest BCUT2D eigenvalue weighted by molar-refractivity contribution is 5.93. The number of phenolic OH excluding ortho intramolecular Hbond substituents is 2. The van der Waals surface area contributed by atoms with E-state index in [-0.39, 0.29) is 61.7 Å². The molecule has 3 amide bonds. The molecule has 0 aliphatic heterocycles. The highest BCUT2D eigenvalue weighted by atomic mass is 16.3. The summed E-state index contributed by atoms with van der Waals surface area (Å²) in [5, 5.41) is 23.4. The van der Waals surface area contributed by atoms with Gasteiger partial charge < -0.3 is 25.3 Å². The molecule has 0 heterocycles. The molecule has 3 atom stereocenters. The summed E-state index contributed by atoms with van der Waals surface area (Å²) in [6.45, 7) is 0.506. The lowest BCUT2D eigenvalue weighted by Crippen LogP contribution is -2.59. The van der Waals surface area contributed by atoms with E-state index >= 15 is 9.59 Å². The first-order chi connectivity index (χ1) is 28.6. The predicted octanol–water partition coefficient (Wildman–Crippen LogP) is 7.17. The largest absolute Gasteiger partial charge is 0.508 e. The summed E-state index contributed by atoms with van der Waals surface area (Å²) < 4.78 is 0. The lowest BCUT2D eigenvalue weighted by atomic mass is 9.96. The van der Waals surface area contributed by atoms with Crippen LogP contribution >= 0.6 is 0 Å². The number of carbonyl (C=O) groups excluding carboxylic acids is 3. The maximum Gasteiger partial charge on any atom is 0.246 e. The van der Waals surface area contributed by atoms with Crippen LogP contribution in [0.15, 0.2) is 170 Å². The van der Waals surface area contributed by atoms with E-state index in [9.17, 15) is 15.0 Å². The third-order valence-electron chi connectivity index (χ3n) is 10.5. The maximum atomic E-state index is 15.9. The van der Waals surface area contributed by atoms with Crippen LogP contribution in [0.25, 0.3) is 0 Å². The van der Waals surface area contributed by atoms with Crippen LogP contribution in [0.4, 0.5) is 0 Å². The third-order valence-corrected chi connectivity index (χ3v) is 10.5. The fraction of sp³-hybridized carbons (Fsp3) is 0.220. The zero-order chi connectivity index (χ0) is 41.6. The summed E-state index contributed by atoms with van der Waals surface area (Å²) in [6.07, 6.45) is 0.676. The molecule has 302 valence electrons. The van der Waals surface area contributed by atoms with Crippen LogP contribution in [0.5, 0.6) is 11.5 Å². The van der Waals surface area contributed by atoms with E-state index in [2.05, 4.69) is 5.32 Å². The Morgan fingerprint density at radius 3 is 1.22 bits per heavy atom. The van der Waals surface area contributed by atoms with Crippen LogP contribution in [0.1, 0.15) is 33.4 Å². The molecule has 0 aliphatic carbocycles. The van der Waals surface area contributed by atoms with E-state index in [4.69, 9.17) is 0 Å². The summed E-state index contributed by atoms with van der Waals surface area (Å²) in [5.74, 6) is -0.756. The van der Waals surface area contributed by atoms with Crippen molar-refractivity contribution >= 4 is 17.7 Å². The molecule has 0 spiro atoms. The van der Waals surface area contributed by atoms with Crippen molar-refractivity contribution in [1.29, 1.82) is 0 Å². The smallest absolute Gasteiger partial charge is 0.246 e. The quantitative estimate of drug-likeness (QED) is 0.0852. The van der Waals surface area contributed by atoms with Gasteiger partial charge in [-0.2, -0.15) is 0 Å². The van der Waals surface area contributed by atoms with Crippen molar-refractivity contribution in [2.45, 2.75) is 57.0 Å². The molecule has 0 aromatic heterocycles. The molecule has 0 saturated carbocycles. The van der Waals surface area contributed by atoms with E-state index in [1.165, 1.54) is 0 Å². The number of carbonyl (C=O) groups is 3. The van der Waals surface area contributed by atoms with Crippen LogP contribution in [0.2, 0.25) is 0 Å². The van der Waals surface area contributed by atoms with Crippen molar-refractivity contribution < 1.29 is 24.6 Å². The van der Waals surface area contributed by atoms with Crippen LogP contribution < -0.4 is 5.32 Å². The number of aromatic hydroxyl groups is 2. The number of hydrogen-bond donors (Lipinski definition) is 3. The van der Waals surface area contributed by atoms with E-state index in [0.717, 1.165) is 33.4 Å². The number of nitrogens with zero attached hydrogens (tertiary/aromatic N) is 3. The first-order valence-corrected chi connectivity index (χ1v) is 19.9. The molecular formula is C50H52N4O5. The van der Waals surface area contributed by atoms with Crippen LogP contribution in [0, 0.1) is 0 Å². The van der Waals surface area contributed by atoms with Crippen molar-refractivity contribution in [3.05, 3.63) is 203 Å². The first kappa shape index (κ1) is 41.9. The summed E-state index contributed by atoms with van der Waals surface area (Å²) in [6, 6.07) is 49.2. The normalized spacial score (nSPS) is 12.6. The molecule has 3 unspecified atom stereocenters. The number of nitrogens with one attached hydrogen (secondary N) is 1. The lowest BCUT2D eigenvalue weighted by molar-refractivity contribution is -0.152. The average molecular weight is 789 g/mol. The highest BCUT2D eigenvalue weighted by Gasteiger charge is 2.40. The Morgan fingerprint density at radius 2 is 0.780 bits per heavy atom. The molecule has 9 heteroatoms. The second-order valence-corrected chi connectivity index (χ2v) is 15.0. The Bertz CT molecular complexity index is 2220. The predicted molar refractivity (Wildman–Crippen MR) is 231 cm³/mol. The Labute approximate surface area is 347 Å². The minimum absolute atomic E-state index is 0.0825. The number of rotatable bonds is 18. The van der Waals surface area contributed by atoms with Gasteiger partial charge in [-0.1, -0.05) is 146 Å². The van der Waals surface area contributed by atoms with Gasteiger partial charge in [-0.3, -0.25) is 19.3 Å². The summed E-state index contributed by atoms with van der Waals surface area (Å²) in [5.41, 5.74) is 5.06. The van der Waals surface area contributed by atoms with Gasteiger partial charge in [0.05, 0.1) is 6.04 Å². The Morgan fingerprint density at radius 1 is 0.441 bits per heavy atom. The molecule has 3 N–H and O–H groups in total. The van der Waals surface area contributed by atoms with Gasteiger partial charge in [-0.05, 0) is 78.2 Å². The Kier molecular flexibility index (Phi) is 14.7. The number of hydrogen-bond acceptors (Lipinski definition) is 6. The minimum atomic E-state index is -1.07. The second kappa shape index (κ2) is 20.6. The molecule has 6 aromatic carbocycles. The fourth-order valence-corrected chi connectivity index (χ4v) is 7.24. The molecule has 0 bridgehead atoms. The van der Waals surface area contributed by atoms with Crippen molar-refractivity contribution in [1.82, 2.24) is 20.0 Å². The van der Waals surface area contributed by atoms with Crippen molar-refractivity contribution in [3.8, 4) is 11.5 Å². The zero-order valence-corrected chi connectivity index (χ0v) is 33.6. The van der Waals surface area contributed by atoms with Crippen LogP contribution in [0.3, 0.4) is 0 Å². The zero-order valence-electron chi connectivity index (χ0n) is 33.6. The Hall–Kier alpha value is -6.71. The van der Waals surface area contributed by atoms with Gasteiger partial charge in [0.2, 0.25) is 17.7 Å². The number of amides is 3. The van der Waals surface area contributed by atoms with E-state index in [1.54, 1.807) is 58.3 Å². The van der Waals surface area contributed by atoms with Gasteiger partial charge in [0, 0.05) is 32.5 Å². The van der Waals surface area contributed by atoms with Crippen molar-refractivity contribution in [3.63, 3.8) is 0 Å². The van der Waals surface area contributed by atoms with Crippen LogP contribution in [-0.4, -0.2) is 74.9 Å². The van der Waals surface area contributed by atoms with Crippen molar-refractivity contribution in [2.24, 2.45) is 0 Å². The third kappa shape index (κ3) is 11.9. The van der Waals surface area contributed by atoms with Gasteiger partial charge in [0.1, 0.15) is 23.6 Å². The van der Waals surface area contributed by atoms with Gasteiger partial charge in [0.25, 0.3) is 0 Å². The topological polar surface area (TPSA) is 113 Å². The molecule has 0 radical (unpaired) electrons. The number of phenols is 2. The monoisotopic (exact) mass is 788 g/mol. The number of likely N-dealkylation sites (N-methyl/N-ethyl adjacent to an activating group) is 1.